The SMILES string of the molecule is COc1c(OCC2CC2)ccnc1C. The molecule has 0 bridgehead atoms. The summed E-state index contributed by atoms with van der Waals surface area (Å²) in [5.41, 5.74) is 0.876. The lowest BCUT2D eigenvalue weighted by Crippen LogP contribution is -2.02. The third-order valence-electron chi connectivity index (χ3n) is 2.42. The van der Waals surface area contributed by atoms with Crippen molar-refractivity contribution in [3.63, 3.8) is 0 Å². The molecule has 1 aromatic heterocycles. The summed E-state index contributed by atoms with van der Waals surface area (Å²) in [4.78, 5) is 4.15. The summed E-state index contributed by atoms with van der Waals surface area (Å²) in [6, 6.07) is 1.86. The van der Waals surface area contributed by atoms with E-state index in [0.717, 1.165) is 29.7 Å². The van der Waals surface area contributed by atoms with Crippen LogP contribution >= 0.6 is 0 Å². The molecule has 0 spiro atoms. The van der Waals surface area contributed by atoms with E-state index in [1.54, 1.807) is 13.3 Å². The molecule has 0 aliphatic heterocycles. The third kappa shape index (κ3) is 1.97. The normalized spacial score (nSPS) is 15.3. The zero-order valence-electron chi connectivity index (χ0n) is 8.62. The number of rotatable bonds is 4. The lowest BCUT2D eigenvalue weighted by Gasteiger charge is -2.11. The van der Waals surface area contributed by atoms with Crippen molar-refractivity contribution in [3.05, 3.63) is 18.0 Å². The molecule has 76 valence electrons. The molecule has 3 nitrogen and oxygen atoms in total. The fourth-order valence-electron chi connectivity index (χ4n) is 1.38. The van der Waals surface area contributed by atoms with E-state index in [1.807, 2.05) is 13.0 Å². The number of methoxy groups -OCH3 is 1. The Balaban J connectivity index is 2.09. The molecule has 14 heavy (non-hydrogen) atoms. The molecule has 1 fully saturated rings. The summed E-state index contributed by atoms with van der Waals surface area (Å²) in [6.45, 7) is 2.72. The van der Waals surface area contributed by atoms with Crippen molar-refractivity contribution in [1.29, 1.82) is 0 Å². The largest absolute Gasteiger partial charge is 0.491 e. The Kier molecular flexibility index (Phi) is 2.57. The van der Waals surface area contributed by atoms with Gasteiger partial charge in [0.05, 0.1) is 19.4 Å². The Bertz CT molecular complexity index is 321. The van der Waals surface area contributed by atoms with E-state index < -0.39 is 0 Å². The second-order valence-electron chi connectivity index (χ2n) is 3.68. The predicted molar refractivity (Wildman–Crippen MR) is 53.7 cm³/mol. The summed E-state index contributed by atoms with van der Waals surface area (Å²) < 4.78 is 10.9. The van der Waals surface area contributed by atoms with Gasteiger partial charge in [-0.15, -0.1) is 0 Å². The first kappa shape index (κ1) is 9.31. The van der Waals surface area contributed by atoms with E-state index in [2.05, 4.69) is 4.98 Å². The highest BCUT2D eigenvalue weighted by Crippen LogP contribution is 2.33. The van der Waals surface area contributed by atoms with Crippen LogP contribution < -0.4 is 9.47 Å². The highest BCUT2D eigenvalue weighted by molar-refractivity contribution is 5.41. The average Bonchev–Trinajstić information content (AvgIpc) is 2.98. The van der Waals surface area contributed by atoms with Crippen molar-refractivity contribution < 1.29 is 9.47 Å². The standard InChI is InChI=1S/C11H15NO2/c1-8-11(13-2)10(5-6-12-8)14-7-9-3-4-9/h5-6,9H,3-4,7H2,1-2H3. The van der Waals surface area contributed by atoms with E-state index in [9.17, 15) is 0 Å². The number of hydrogen-bond donors (Lipinski definition) is 0. The van der Waals surface area contributed by atoms with Crippen LogP contribution in [0.3, 0.4) is 0 Å². The molecule has 1 aromatic rings. The molecule has 0 saturated heterocycles. The monoisotopic (exact) mass is 193 g/mol. The second-order valence-corrected chi connectivity index (χ2v) is 3.68. The zero-order chi connectivity index (χ0) is 9.97. The summed E-state index contributed by atoms with van der Waals surface area (Å²) >= 11 is 0. The fraction of sp³-hybridized carbons (Fsp3) is 0.545. The number of hydrogen-bond acceptors (Lipinski definition) is 3. The van der Waals surface area contributed by atoms with Crippen LogP contribution in [0.1, 0.15) is 18.5 Å². The molecule has 0 amide bonds. The van der Waals surface area contributed by atoms with E-state index in [1.165, 1.54) is 12.8 Å². The molecular weight excluding hydrogens is 178 g/mol. The van der Waals surface area contributed by atoms with Crippen LogP contribution in [0.2, 0.25) is 0 Å². The minimum absolute atomic E-state index is 0.758. The Morgan fingerprint density at radius 2 is 2.29 bits per heavy atom. The van der Waals surface area contributed by atoms with E-state index in [0.29, 0.717) is 0 Å². The van der Waals surface area contributed by atoms with Crippen LogP contribution in [0.25, 0.3) is 0 Å². The minimum Gasteiger partial charge on any atom is -0.491 e. The molecule has 0 atom stereocenters. The maximum atomic E-state index is 5.67. The topological polar surface area (TPSA) is 31.4 Å². The van der Waals surface area contributed by atoms with Gasteiger partial charge in [-0.1, -0.05) is 0 Å². The van der Waals surface area contributed by atoms with Gasteiger partial charge in [-0.25, -0.2) is 0 Å². The van der Waals surface area contributed by atoms with Crippen LogP contribution in [0.15, 0.2) is 12.3 Å². The van der Waals surface area contributed by atoms with Crippen molar-refractivity contribution in [2.45, 2.75) is 19.8 Å². The Morgan fingerprint density at radius 3 is 2.93 bits per heavy atom. The van der Waals surface area contributed by atoms with Gasteiger partial charge in [0.25, 0.3) is 0 Å². The van der Waals surface area contributed by atoms with Crippen molar-refractivity contribution in [2.75, 3.05) is 13.7 Å². The van der Waals surface area contributed by atoms with Crippen LogP contribution in [-0.2, 0) is 0 Å². The molecule has 2 rings (SSSR count). The van der Waals surface area contributed by atoms with Crippen LogP contribution in [-0.4, -0.2) is 18.7 Å². The minimum atomic E-state index is 0.758. The van der Waals surface area contributed by atoms with Gasteiger partial charge < -0.3 is 9.47 Å². The summed E-state index contributed by atoms with van der Waals surface area (Å²) in [6.07, 6.45) is 4.35. The molecular formula is C11H15NO2. The molecule has 0 N–H and O–H groups in total. The molecule has 1 saturated carbocycles. The summed E-state index contributed by atoms with van der Waals surface area (Å²) in [5.74, 6) is 2.33. The lowest BCUT2D eigenvalue weighted by molar-refractivity contribution is 0.279. The summed E-state index contributed by atoms with van der Waals surface area (Å²) in [5, 5.41) is 0. The van der Waals surface area contributed by atoms with Gasteiger partial charge in [0.2, 0.25) is 0 Å². The number of aromatic nitrogens is 1. The maximum Gasteiger partial charge on any atom is 0.182 e. The van der Waals surface area contributed by atoms with Gasteiger partial charge >= 0.3 is 0 Å². The molecule has 3 heteroatoms. The van der Waals surface area contributed by atoms with Gasteiger partial charge in [0.1, 0.15) is 0 Å². The van der Waals surface area contributed by atoms with Gasteiger partial charge in [-0.3, -0.25) is 4.98 Å². The van der Waals surface area contributed by atoms with Gasteiger partial charge in [-0.05, 0) is 25.7 Å². The zero-order valence-corrected chi connectivity index (χ0v) is 8.62. The van der Waals surface area contributed by atoms with Crippen molar-refractivity contribution >= 4 is 0 Å². The summed E-state index contributed by atoms with van der Waals surface area (Å²) in [7, 11) is 1.65. The van der Waals surface area contributed by atoms with Crippen LogP contribution in [0.4, 0.5) is 0 Å². The van der Waals surface area contributed by atoms with Crippen molar-refractivity contribution in [3.8, 4) is 11.5 Å². The van der Waals surface area contributed by atoms with Crippen LogP contribution in [0.5, 0.6) is 11.5 Å². The van der Waals surface area contributed by atoms with Gasteiger partial charge in [-0.2, -0.15) is 0 Å². The number of ether oxygens (including phenoxy) is 2. The highest BCUT2D eigenvalue weighted by atomic mass is 16.5. The highest BCUT2D eigenvalue weighted by Gasteiger charge is 2.22. The molecule has 1 heterocycles. The van der Waals surface area contributed by atoms with E-state index in [4.69, 9.17) is 9.47 Å². The molecule has 0 radical (unpaired) electrons. The Labute approximate surface area is 84.1 Å². The first-order valence-corrected chi connectivity index (χ1v) is 4.93. The van der Waals surface area contributed by atoms with Crippen molar-refractivity contribution in [2.24, 2.45) is 5.92 Å². The number of aryl methyl sites for hydroxylation is 1. The molecule has 0 aromatic carbocycles. The molecule has 0 unspecified atom stereocenters. The molecule has 1 aliphatic carbocycles. The Hall–Kier alpha value is -1.25. The molecule has 1 aliphatic rings. The van der Waals surface area contributed by atoms with Crippen LogP contribution in [0, 0.1) is 12.8 Å². The average molecular weight is 193 g/mol. The first-order chi connectivity index (χ1) is 6.81. The van der Waals surface area contributed by atoms with E-state index >= 15 is 0 Å². The smallest absolute Gasteiger partial charge is 0.182 e. The Morgan fingerprint density at radius 1 is 1.50 bits per heavy atom. The second kappa shape index (κ2) is 3.86. The first-order valence-electron chi connectivity index (χ1n) is 4.93. The van der Waals surface area contributed by atoms with Gasteiger partial charge in [0.15, 0.2) is 11.5 Å². The predicted octanol–water partition coefficient (Wildman–Crippen LogP) is 2.19. The van der Waals surface area contributed by atoms with E-state index in [-0.39, 0.29) is 0 Å². The maximum absolute atomic E-state index is 5.67. The fourth-order valence-corrected chi connectivity index (χ4v) is 1.38. The van der Waals surface area contributed by atoms with Gasteiger partial charge in [0, 0.05) is 12.3 Å². The van der Waals surface area contributed by atoms with Crippen molar-refractivity contribution in [1.82, 2.24) is 4.98 Å². The quantitative estimate of drug-likeness (QED) is 0.734. The number of pyridine rings is 1. The third-order valence-corrected chi connectivity index (χ3v) is 2.42. The lowest BCUT2D eigenvalue weighted by atomic mass is 10.3. The number of nitrogens with zero attached hydrogens (tertiary/aromatic N) is 1.